The number of nitrogen functional groups attached to an aromatic ring is 1. The molecule has 0 aliphatic rings. The van der Waals surface area contributed by atoms with Gasteiger partial charge in [0.1, 0.15) is 5.75 Å². The fraction of sp³-hybridized carbons (Fsp3) is 0. The zero-order valence-electron chi connectivity index (χ0n) is 7.81. The Labute approximate surface area is 85.5 Å². The molecule has 5 heteroatoms. The van der Waals surface area contributed by atoms with Crippen LogP contribution < -0.4 is 16.0 Å². The number of nitrogens with two attached hydrogens (primary N) is 1. The van der Waals surface area contributed by atoms with Gasteiger partial charge < -0.3 is 15.5 Å². The van der Waals surface area contributed by atoms with E-state index in [9.17, 15) is 4.79 Å². The summed E-state index contributed by atoms with van der Waals surface area (Å²) >= 11 is 0. The van der Waals surface area contributed by atoms with Gasteiger partial charge in [-0.2, -0.15) is 0 Å². The van der Waals surface area contributed by atoms with Crippen molar-refractivity contribution < 1.29 is 4.74 Å². The van der Waals surface area contributed by atoms with Crippen LogP contribution in [0, 0.1) is 0 Å². The lowest BCUT2D eigenvalue weighted by atomic mass is 10.3. The molecule has 0 fully saturated rings. The molecule has 5 nitrogen and oxygen atoms in total. The van der Waals surface area contributed by atoms with Crippen LogP contribution in [-0.4, -0.2) is 9.97 Å². The number of ether oxygens (including phenoxy) is 1. The third-order valence-corrected chi connectivity index (χ3v) is 1.73. The average Bonchev–Trinajstić information content (AvgIpc) is 2.17. The summed E-state index contributed by atoms with van der Waals surface area (Å²) in [5.41, 5.74) is 5.91. The van der Waals surface area contributed by atoms with E-state index in [0.717, 1.165) is 0 Å². The van der Waals surface area contributed by atoms with Gasteiger partial charge in [0.15, 0.2) is 0 Å². The van der Waals surface area contributed by atoms with Gasteiger partial charge in [0.2, 0.25) is 5.88 Å². The highest BCUT2D eigenvalue weighted by Gasteiger charge is 1.98. The second-order valence-electron chi connectivity index (χ2n) is 2.92. The maximum atomic E-state index is 10.9. The summed E-state index contributed by atoms with van der Waals surface area (Å²) in [6.07, 6.45) is 1.28. The summed E-state index contributed by atoms with van der Waals surface area (Å²) in [5, 5.41) is 0. The van der Waals surface area contributed by atoms with Crippen molar-refractivity contribution in [2.45, 2.75) is 0 Å². The lowest BCUT2D eigenvalue weighted by Gasteiger charge is -2.03. The van der Waals surface area contributed by atoms with Crippen molar-refractivity contribution in [3.8, 4) is 11.6 Å². The first-order valence-corrected chi connectivity index (χ1v) is 4.32. The topological polar surface area (TPSA) is 81.0 Å². The van der Waals surface area contributed by atoms with Gasteiger partial charge in [0.25, 0.3) is 5.56 Å². The lowest BCUT2D eigenvalue weighted by molar-refractivity contribution is 0.461. The minimum Gasteiger partial charge on any atom is -0.439 e. The molecule has 0 saturated carbocycles. The van der Waals surface area contributed by atoms with Gasteiger partial charge in [-0.1, -0.05) is 6.07 Å². The number of hydrogen-bond acceptors (Lipinski definition) is 4. The highest BCUT2D eigenvalue weighted by molar-refractivity contribution is 5.44. The fourth-order valence-corrected chi connectivity index (χ4v) is 1.11. The molecule has 0 spiro atoms. The summed E-state index contributed by atoms with van der Waals surface area (Å²) in [6.45, 7) is 0. The van der Waals surface area contributed by atoms with E-state index in [2.05, 4.69) is 9.97 Å². The Hall–Kier alpha value is -2.30. The smallest absolute Gasteiger partial charge is 0.254 e. The number of H-pyrrole nitrogens is 1. The molecule has 0 aliphatic carbocycles. The van der Waals surface area contributed by atoms with Crippen LogP contribution in [0.3, 0.4) is 0 Å². The van der Waals surface area contributed by atoms with E-state index in [4.69, 9.17) is 10.5 Å². The van der Waals surface area contributed by atoms with Gasteiger partial charge in [0.05, 0.1) is 12.4 Å². The van der Waals surface area contributed by atoms with Crippen LogP contribution in [0.25, 0.3) is 0 Å². The maximum Gasteiger partial charge on any atom is 0.254 e. The molecule has 0 radical (unpaired) electrons. The number of aromatic nitrogens is 2. The van der Waals surface area contributed by atoms with Crippen molar-refractivity contribution >= 4 is 5.69 Å². The van der Waals surface area contributed by atoms with E-state index in [1.807, 2.05) is 0 Å². The number of aromatic amines is 1. The standard InChI is InChI=1S/C10H9N3O2/c11-7-2-1-3-8(4-7)15-10-5-9(14)12-6-13-10/h1-6H,11H2,(H,12,13,14). The summed E-state index contributed by atoms with van der Waals surface area (Å²) in [6, 6.07) is 8.17. The average molecular weight is 203 g/mol. The molecule has 15 heavy (non-hydrogen) atoms. The van der Waals surface area contributed by atoms with Crippen LogP contribution in [0.2, 0.25) is 0 Å². The van der Waals surface area contributed by atoms with Crippen LogP contribution in [0.4, 0.5) is 5.69 Å². The Morgan fingerprint density at radius 2 is 2.20 bits per heavy atom. The third kappa shape index (κ3) is 2.34. The second kappa shape index (κ2) is 3.83. The number of nitrogens with zero attached hydrogens (tertiary/aromatic N) is 1. The molecule has 0 aliphatic heterocycles. The largest absolute Gasteiger partial charge is 0.439 e. The summed E-state index contributed by atoms with van der Waals surface area (Å²) in [4.78, 5) is 17.2. The Balaban J connectivity index is 2.26. The van der Waals surface area contributed by atoms with Crippen molar-refractivity contribution in [3.05, 3.63) is 47.0 Å². The SMILES string of the molecule is Nc1cccc(Oc2cc(=O)[nH]cn2)c1. The summed E-state index contributed by atoms with van der Waals surface area (Å²) in [7, 11) is 0. The van der Waals surface area contributed by atoms with Gasteiger partial charge in [-0.25, -0.2) is 4.98 Å². The first-order valence-electron chi connectivity index (χ1n) is 4.32. The molecule has 3 N–H and O–H groups in total. The number of benzene rings is 1. The van der Waals surface area contributed by atoms with Crippen LogP contribution in [-0.2, 0) is 0 Å². The van der Waals surface area contributed by atoms with E-state index in [-0.39, 0.29) is 11.4 Å². The molecule has 76 valence electrons. The molecular weight excluding hydrogens is 194 g/mol. The highest BCUT2D eigenvalue weighted by atomic mass is 16.5. The van der Waals surface area contributed by atoms with E-state index in [1.54, 1.807) is 24.3 Å². The minimum absolute atomic E-state index is 0.240. The molecule has 2 rings (SSSR count). The van der Waals surface area contributed by atoms with Gasteiger partial charge >= 0.3 is 0 Å². The molecule has 1 heterocycles. The van der Waals surface area contributed by atoms with Crippen LogP contribution in [0.5, 0.6) is 11.6 Å². The van der Waals surface area contributed by atoms with Crippen molar-refractivity contribution in [1.29, 1.82) is 0 Å². The number of rotatable bonds is 2. The molecule has 1 aromatic heterocycles. The predicted molar refractivity (Wildman–Crippen MR) is 55.8 cm³/mol. The normalized spacial score (nSPS) is 9.87. The van der Waals surface area contributed by atoms with Crippen molar-refractivity contribution in [1.82, 2.24) is 9.97 Å². The zero-order valence-corrected chi connectivity index (χ0v) is 7.81. The van der Waals surface area contributed by atoms with E-state index >= 15 is 0 Å². The number of anilines is 1. The Bertz CT molecular complexity index is 522. The zero-order chi connectivity index (χ0) is 10.7. The van der Waals surface area contributed by atoms with Crippen LogP contribution in [0.15, 0.2) is 41.5 Å². The van der Waals surface area contributed by atoms with Gasteiger partial charge in [-0.15, -0.1) is 0 Å². The van der Waals surface area contributed by atoms with Crippen LogP contribution >= 0.6 is 0 Å². The second-order valence-corrected chi connectivity index (χ2v) is 2.92. The van der Waals surface area contributed by atoms with Crippen LogP contribution in [0.1, 0.15) is 0 Å². The quantitative estimate of drug-likeness (QED) is 0.717. The Kier molecular flexibility index (Phi) is 2.37. The molecule has 0 atom stereocenters. The molecule has 0 amide bonds. The van der Waals surface area contributed by atoms with E-state index in [1.165, 1.54) is 12.4 Å². The van der Waals surface area contributed by atoms with Gasteiger partial charge in [-0.05, 0) is 12.1 Å². The molecule has 2 aromatic rings. The minimum atomic E-state index is -0.260. The fourth-order valence-electron chi connectivity index (χ4n) is 1.11. The molecule has 0 unspecified atom stereocenters. The van der Waals surface area contributed by atoms with E-state index in [0.29, 0.717) is 11.4 Å². The first-order chi connectivity index (χ1) is 7.24. The Morgan fingerprint density at radius 3 is 2.93 bits per heavy atom. The molecule has 1 aromatic carbocycles. The van der Waals surface area contributed by atoms with Crippen molar-refractivity contribution in [2.24, 2.45) is 0 Å². The molecular formula is C10H9N3O2. The molecule has 0 bridgehead atoms. The first kappa shape index (κ1) is 9.26. The maximum absolute atomic E-state index is 10.9. The highest BCUT2D eigenvalue weighted by Crippen LogP contribution is 2.19. The summed E-state index contributed by atoms with van der Waals surface area (Å²) < 4.78 is 5.33. The Morgan fingerprint density at radius 1 is 1.33 bits per heavy atom. The van der Waals surface area contributed by atoms with Crippen molar-refractivity contribution in [3.63, 3.8) is 0 Å². The lowest BCUT2D eigenvalue weighted by Crippen LogP contribution is -2.04. The van der Waals surface area contributed by atoms with E-state index < -0.39 is 0 Å². The van der Waals surface area contributed by atoms with Gasteiger partial charge in [-0.3, -0.25) is 4.79 Å². The number of nitrogens with one attached hydrogen (secondary N) is 1. The van der Waals surface area contributed by atoms with Crippen molar-refractivity contribution in [2.75, 3.05) is 5.73 Å². The third-order valence-electron chi connectivity index (χ3n) is 1.73. The number of hydrogen-bond donors (Lipinski definition) is 2. The monoisotopic (exact) mass is 203 g/mol. The molecule has 0 saturated heterocycles. The summed E-state index contributed by atoms with van der Waals surface area (Å²) in [5.74, 6) is 0.789. The predicted octanol–water partition coefficient (Wildman–Crippen LogP) is 1.14. The van der Waals surface area contributed by atoms with Gasteiger partial charge in [0, 0.05) is 11.8 Å².